The van der Waals surface area contributed by atoms with E-state index in [1.54, 1.807) is 18.3 Å². The van der Waals surface area contributed by atoms with Crippen LogP contribution < -0.4 is 10.6 Å². The molecule has 19 heavy (non-hydrogen) atoms. The summed E-state index contributed by atoms with van der Waals surface area (Å²) in [6, 6.07) is 3.34. The van der Waals surface area contributed by atoms with Crippen molar-refractivity contribution in [3.8, 4) is 0 Å². The van der Waals surface area contributed by atoms with Gasteiger partial charge in [-0.05, 0) is 11.6 Å². The van der Waals surface area contributed by atoms with Crippen molar-refractivity contribution in [2.24, 2.45) is 0 Å². The summed E-state index contributed by atoms with van der Waals surface area (Å²) in [6.45, 7) is -1.23. The van der Waals surface area contributed by atoms with E-state index in [4.69, 9.17) is 0 Å². The quantitative estimate of drug-likeness (QED) is 0.606. The second kappa shape index (κ2) is 6.57. The first kappa shape index (κ1) is 14.7. The van der Waals surface area contributed by atoms with Crippen molar-refractivity contribution >= 4 is 0 Å². The Morgan fingerprint density at radius 1 is 1.47 bits per heavy atom. The summed E-state index contributed by atoms with van der Waals surface area (Å²) >= 11 is 0. The van der Waals surface area contributed by atoms with E-state index in [0.29, 0.717) is 11.8 Å². The molecule has 0 saturated heterocycles. The Bertz CT molecular complexity index is 448. The zero-order valence-electron chi connectivity index (χ0n) is 9.65. The molecule has 1 rings (SSSR count). The largest absolute Gasteiger partial charge is 0.405 e. The lowest BCUT2D eigenvalue weighted by Crippen LogP contribution is -2.34. The molecule has 104 valence electrons. The summed E-state index contributed by atoms with van der Waals surface area (Å²) in [4.78, 5) is 13.3. The maximum Gasteiger partial charge on any atom is 0.405 e. The van der Waals surface area contributed by atoms with E-state index in [2.05, 4.69) is 10.3 Å². The van der Waals surface area contributed by atoms with Crippen LogP contribution in [0.15, 0.2) is 36.5 Å². The minimum absolute atomic E-state index is 0.123. The number of aromatic nitrogens is 1. The molecular weight excluding hydrogens is 265 g/mol. The van der Waals surface area contributed by atoms with Crippen LogP contribution in [0.1, 0.15) is 5.56 Å². The van der Waals surface area contributed by atoms with E-state index in [0.717, 1.165) is 0 Å². The molecule has 0 amide bonds. The molecule has 1 heterocycles. The maximum atomic E-state index is 12.0. The SMILES string of the molecule is O=[N+]([O-])/C=C(/NCc1cccnc1)NCC(F)(F)F. The number of halogens is 3. The first-order valence-electron chi connectivity index (χ1n) is 5.15. The van der Waals surface area contributed by atoms with Crippen molar-refractivity contribution < 1.29 is 18.1 Å². The highest BCUT2D eigenvalue weighted by Gasteiger charge is 2.27. The van der Waals surface area contributed by atoms with Gasteiger partial charge in [0.25, 0.3) is 6.20 Å². The third kappa shape index (κ3) is 6.86. The van der Waals surface area contributed by atoms with Crippen LogP contribution in [-0.4, -0.2) is 22.6 Å². The number of nitrogens with zero attached hydrogens (tertiary/aromatic N) is 2. The smallest absolute Gasteiger partial charge is 0.363 e. The van der Waals surface area contributed by atoms with Gasteiger partial charge < -0.3 is 10.6 Å². The predicted octanol–water partition coefficient (Wildman–Crippen LogP) is 1.40. The molecular formula is C10H11F3N4O2. The fourth-order valence-electron chi connectivity index (χ4n) is 1.15. The Hall–Kier alpha value is -2.32. The molecule has 0 unspecified atom stereocenters. The monoisotopic (exact) mass is 276 g/mol. The molecule has 0 fully saturated rings. The minimum atomic E-state index is -4.45. The van der Waals surface area contributed by atoms with Crippen molar-refractivity contribution in [3.05, 3.63) is 52.2 Å². The zero-order valence-corrected chi connectivity index (χ0v) is 9.65. The number of pyridine rings is 1. The number of hydrogen-bond acceptors (Lipinski definition) is 5. The third-order valence-electron chi connectivity index (χ3n) is 1.92. The van der Waals surface area contributed by atoms with Crippen LogP contribution in [-0.2, 0) is 6.54 Å². The molecule has 0 aliphatic rings. The first-order chi connectivity index (χ1) is 8.87. The van der Waals surface area contributed by atoms with Crippen LogP contribution in [0.25, 0.3) is 0 Å². The van der Waals surface area contributed by atoms with Gasteiger partial charge in [0.15, 0.2) is 5.82 Å². The molecule has 0 aliphatic carbocycles. The molecule has 6 nitrogen and oxygen atoms in total. The van der Waals surface area contributed by atoms with Crippen molar-refractivity contribution in [2.45, 2.75) is 12.7 Å². The highest BCUT2D eigenvalue weighted by atomic mass is 19.4. The molecule has 0 spiro atoms. The van der Waals surface area contributed by atoms with Crippen molar-refractivity contribution in [2.75, 3.05) is 6.54 Å². The Balaban J connectivity index is 2.58. The van der Waals surface area contributed by atoms with Gasteiger partial charge in [0, 0.05) is 18.9 Å². The summed E-state index contributed by atoms with van der Waals surface area (Å²) in [7, 11) is 0. The molecule has 0 bridgehead atoms. The normalized spacial score (nSPS) is 12.1. The summed E-state index contributed by atoms with van der Waals surface area (Å²) in [5.74, 6) is -0.314. The zero-order chi connectivity index (χ0) is 14.3. The van der Waals surface area contributed by atoms with E-state index < -0.39 is 17.6 Å². The Labute approximate surface area is 106 Å². The standard InChI is InChI=1S/C10H11F3N4O2/c11-10(12,13)7-16-9(6-17(18)19)15-5-8-2-1-3-14-4-8/h1-4,6,15-16H,5,7H2/b9-6-. The van der Waals surface area contributed by atoms with E-state index in [1.807, 2.05) is 5.32 Å². The molecule has 9 heteroatoms. The number of nitro groups is 1. The molecule has 0 atom stereocenters. The van der Waals surface area contributed by atoms with Gasteiger partial charge in [0.05, 0.1) is 4.92 Å². The molecule has 0 aliphatic heterocycles. The van der Waals surface area contributed by atoms with E-state index >= 15 is 0 Å². The van der Waals surface area contributed by atoms with Crippen LogP contribution >= 0.6 is 0 Å². The number of alkyl halides is 3. The summed E-state index contributed by atoms with van der Waals surface area (Å²) in [5, 5.41) is 14.7. The lowest BCUT2D eigenvalue weighted by Gasteiger charge is -2.12. The number of nitrogens with one attached hydrogen (secondary N) is 2. The van der Waals surface area contributed by atoms with Gasteiger partial charge in [-0.2, -0.15) is 13.2 Å². The Kier molecular flexibility index (Phi) is 5.10. The van der Waals surface area contributed by atoms with E-state index in [1.165, 1.54) is 6.20 Å². The Morgan fingerprint density at radius 2 is 2.21 bits per heavy atom. The predicted molar refractivity (Wildman–Crippen MR) is 60.2 cm³/mol. The van der Waals surface area contributed by atoms with Gasteiger partial charge in [0.1, 0.15) is 6.54 Å². The average Bonchev–Trinajstić information content (AvgIpc) is 2.32. The fraction of sp³-hybridized carbons (Fsp3) is 0.300. The van der Waals surface area contributed by atoms with E-state index in [-0.39, 0.29) is 12.4 Å². The molecule has 0 aromatic carbocycles. The lowest BCUT2D eigenvalue weighted by molar-refractivity contribution is -0.404. The topological polar surface area (TPSA) is 80.1 Å². The summed E-state index contributed by atoms with van der Waals surface area (Å²) in [6.07, 6.45) is -0.965. The maximum absolute atomic E-state index is 12.0. The fourth-order valence-corrected chi connectivity index (χ4v) is 1.15. The third-order valence-corrected chi connectivity index (χ3v) is 1.92. The van der Waals surface area contributed by atoms with Crippen molar-refractivity contribution in [1.29, 1.82) is 0 Å². The minimum Gasteiger partial charge on any atom is -0.363 e. The van der Waals surface area contributed by atoms with Gasteiger partial charge in [-0.1, -0.05) is 6.07 Å². The number of rotatable bonds is 6. The van der Waals surface area contributed by atoms with Crippen LogP contribution in [0.5, 0.6) is 0 Å². The Morgan fingerprint density at radius 3 is 2.74 bits per heavy atom. The van der Waals surface area contributed by atoms with Gasteiger partial charge in [-0.25, -0.2) is 0 Å². The summed E-state index contributed by atoms with van der Waals surface area (Å²) in [5.41, 5.74) is 0.686. The van der Waals surface area contributed by atoms with Crippen molar-refractivity contribution in [3.63, 3.8) is 0 Å². The average molecular weight is 276 g/mol. The molecule has 1 aromatic rings. The molecule has 0 saturated carbocycles. The van der Waals surface area contributed by atoms with Crippen LogP contribution in [0.4, 0.5) is 13.2 Å². The second-order valence-corrected chi connectivity index (χ2v) is 3.51. The highest BCUT2D eigenvalue weighted by molar-refractivity contribution is 5.09. The highest BCUT2D eigenvalue weighted by Crippen LogP contribution is 2.12. The molecule has 2 N–H and O–H groups in total. The van der Waals surface area contributed by atoms with Gasteiger partial charge in [-0.15, -0.1) is 0 Å². The van der Waals surface area contributed by atoms with Crippen LogP contribution in [0.3, 0.4) is 0 Å². The number of hydrogen-bond donors (Lipinski definition) is 2. The first-order valence-corrected chi connectivity index (χ1v) is 5.15. The van der Waals surface area contributed by atoms with Crippen molar-refractivity contribution in [1.82, 2.24) is 15.6 Å². The molecule has 1 aromatic heterocycles. The lowest BCUT2D eigenvalue weighted by atomic mass is 10.3. The second-order valence-electron chi connectivity index (χ2n) is 3.51. The van der Waals surface area contributed by atoms with E-state index in [9.17, 15) is 23.3 Å². The van der Waals surface area contributed by atoms with Crippen LogP contribution in [0, 0.1) is 10.1 Å². The van der Waals surface area contributed by atoms with Crippen LogP contribution in [0.2, 0.25) is 0 Å². The van der Waals surface area contributed by atoms with Gasteiger partial charge in [-0.3, -0.25) is 15.1 Å². The van der Waals surface area contributed by atoms with Gasteiger partial charge in [0.2, 0.25) is 0 Å². The van der Waals surface area contributed by atoms with Gasteiger partial charge >= 0.3 is 6.18 Å². The molecule has 0 radical (unpaired) electrons. The summed E-state index contributed by atoms with van der Waals surface area (Å²) < 4.78 is 36.1.